The van der Waals surface area contributed by atoms with Crippen LogP contribution in [0.2, 0.25) is 0 Å². The van der Waals surface area contributed by atoms with E-state index in [2.05, 4.69) is 4.57 Å². The number of hydrogen-bond acceptors (Lipinski definition) is 1. The highest BCUT2D eigenvalue weighted by Gasteiger charge is 2.33. The van der Waals surface area contributed by atoms with Crippen molar-refractivity contribution < 1.29 is 9.90 Å². The molecule has 1 heterocycles. The van der Waals surface area contributed by atoms with E-state index in [4.69, 9.17) is 0 Å². The van der Waals surface area contributed by atoms with Gasteiger partial charge in [0.15, 0.2) is 0 Å². The maximum atomic E-state index is 11.6. The Morgan fingerprint density at radius 1 is 1.41 bits per heavy atom. The number of aliphatic carboxylic acids is 1. The van der Waals surface area contributed by atoms with Crippen LogP contribution in [0.25, 0.3) is 0 Å². The second-order valence-electron chi connectivity index (χ2n) is 5.25. The highest BCUT2D eigenvalue weighted by molar-refractivity contribution is 5.77. The molecule has 1 fully saturated rings. The minimum Gasteiger partial charge on any atom is -0.481 e. The van der Waals surface area contributed by atoms with Crippen molar-refractivity contribution in [1.82, 2.24) is 4.57 Å². The van der Waals surface area contributed by atoms with E-state index in [0.717, 1.165) is 29.8 Å². The van der Waals surface area contributed by atoms with E-state index < -0.39 is 5.97 Å². The maximum Gasteiger partial charge on any atom is 0.311 e. The number of carboxylic acids is 1. The fraction of sp³-hybridized carbons (Fsp3) is 0.643. The number of carboxylic acid groups (broad SMARTS) is 1. The molecule has 94 valence electrons. The van der Waals surface area contributed by atoms with Gasteiger partial charge in [-0.25, -0.2) is 0 Å². The molecule has 2 rings (SSSR count). The van der Waals surface area contributed by atoms with E-state index in [-0.39, 0.29) is 5.92 Å². The summed E-state index contributed by atoms with van der Waals surface area (Å²) in [4.78, 5) is 11.6. The van der Waals surface area contributed by atoms with Gasteiger partial charge in [-0.1, -0.05) is 12.8 Å². The number of rotatable bonds is 3. The summed E-state index contributed by atoms with van der Waals surface area (Å²) in [5.41, 5.74) is 3.26. The third-order valence-electron chi connectivity index (χ3n) is 4.29. The first kappa shape index (κ1) is 12.2. The SMILES string of the molecule is Cc1cc(C(C(=O)O)C2CCCC2)c(C)n1C. The van der Waals surface area contributed by atoms with Crippen molar-refractivity contribution in [2.75, 3.05) is 0 Å². The molecule has 0 amide bonds. The third-order valence-corrected chi connectivity index (χ3v) is 4.29. The zero-order valence-corrected chi connectivity index (χ0v) is 10.9. The first-order valence-electron chi connectivity index (χ1n) is 6.38. The molecule has 3 nitrogen and oxygen atoms in total. The predicted molar refractivity (Wildman–Crippen MR) is 67.2 cm³/mol. The Morgan fingerprint density at radius 3 is 2.41 bits per heavy atom. The molecule has 0 radical (unpaired) electrons. The molecule has 1 atom stereocenters. The van der Waals surface area contributed by atoms with Crippen LogP contribution in [0.4, 0.5) is 0 Å². The van der Waals surface area contributed by atoms with E-state index in [1.807, 2.05) is 27.0 Å². The van der Waals surface area contributed by atoms with Gasteiger partial charge < -0.3 is 9.67 Å². The lowest BCUT2D eigenvalue weighted by molar-refractivity contribution is -0.140. The Morgan fingerprint density at radius 2 is 2.00 bits per heavy atom. The Balaban J connectivity index is 2.38. The zero-order valence-electron chi connectivity index (χ0n) is 10.9. The molecule has 17 heavy (non-hydrogen) atoms. The molecule has 1 aliphatic rings. The van der Waals surface area contributed by atoms with Crippen LogP contribution >= 0.6 is 0 Å². The van der Waals surface area contributed by atoms with Gasteiger partial charge in [0.05, 0.1) is 5.92 Å². The van der Waals surface area contributed by atoms with Crippen molar-refractivity contribution in [3.63, 3.8) is 0 Å². The molecule has 1 aliphatic carbocycles. The van der Waals surface area contributed by atoms with E-state index in [1.165, 1.54) is 12.8 Å². The lowest BCUT2D eigenvalue weighted by Crippen LogP contribution is -2.20. The third kappa shape index (κ3) is 2.11. The molecule has 1 N–H and O–H groups in total. The second kappa shape index (κ2) is 4.55. The molecule has 0 aliphatic heterocycles. The van der Waals surface area contributed by atoms with Crippen LogP contribution in [0.5, 0.6) is 0 Å². The van der Waals surface area contributed by atoms with Crippen LogP contribution < -0.4 is 0 Å². The Hall–Kier alpha value is -1.25. The topological polar surface area (TPSA) is 42.2 Å². The first-order chi connectivity index (χ1) is 8.02. The lowest BCUT2D eigenvalue weighted by Gasteiger charge is -2.19. The van der Waals surface area contributed by atoms with Crippen LogP contribution in [-0.4, -0.2) is 15.6 Å². The first-order valence-corrected chi connectivity index (χ1v) is 6.38. The summed E-state index contributed by atoms with van der Waals surface area (Å²) in [6.45, 7) is 4.05. The number of nitrogens with zero attached hydrogens (tertiary/aromatic N) is 1. The van der Waals surface area contributed by atoms with E-state index in [9.17, 15) is 9.90 Å². The van der Waals surface area contributed by atoms with Gasteiger partial charge in [-0.05, 0) is 44.2 Å². The minimum absolute atomic E-state index is 0.308. The maximum absolute atomic E-state index is 11.6. The average molecular weight is 235 g/mol. The molecule has 0 spiro atoms. The van der Waals surface area contributed by atoms with Gasteiger partial charge in [0.25, 0.3) is 0 Å². The molecule has 1 unspecified atom stereocenters. The highest BCUT2D eigenvalue weighted by atomic mass is 16.4. The molecule has 0 aromatic carbocycles. The van der Waals surface area contributed by atoms with Gasteiger partial charge >= 0.3 is 5.97 Å². The van der Waals surface area contributed by atoms with E-state index in [1.54, 1.807) is 0 Å². The highest BCUT2D eigenvalue weighted by Crippen LogP contribution is 2.39. The monoisotopic (exact) mass is 235 g/mol. The Bertz CT molecular complexity index is 428. The standard InChI is InChI=1S/C14H21NO2/c1-9-8-12(10(2)15(9)3)13(14(16)17)11-6-4-5-7-11/h8,11,13H,4-7H2,1-3H3,(H,16,17). The van der Waals surface area contributed by atoms with Crippen molar-refractivity contribution in [2.45, 2.75) is 45.4 Å². The van der Waals surface area contributed by atoms with Gasteiger partial charge in [-0.2, -0.15) is 0 Å². The summed E-state index contributed by atoms with van der Waals surface area (Å²) in [7, 11) is 2.00. The van der Waals surface area contributed by atoms with Crippen molar-refractivity contribution in [3.05, 3.63) is 23.0 Å². The van der Waals surface area contributed by atoms with Crippen LogP contribution in [-0.2, 0) is 11.8 Å². The fourth-order valence-electron chi connectivity index (χ4n) is 3.08. The van der Waals surface area contributed by atoms with Crippen molar-refractivity contribution >= 4 is 5.97 Å². The Kier molecular flexibility index (Phi) is 3.27. The van der Waals surface area contributed by atoms with Crippen LogP contribution in [0.15, 0.2) is 6.07 Å². The largest absolute Gasteiger partial charge is 0.481 e. The molecule has 1 aromatic heterocycles. The second-order valence-corrected chi connectivity index (χ2v) is 5.25. The van der Waals surface area contributed by atoms with Gasteiger partial charge in [0.1, 0.15) is 0 Å². The Labute approximate surface area is 102 Å². The van der Waals surface area contributed by atoms with Gasteiger partial charge in [0.2, 0.25) is 0 Å². The summed E-state index contributed by atoms with van der Waals surface area (Å²) in [5, 5.41) is 9.50. The number of hydrogen-bond donors (Lipinski definition) is 1. The molecule has 0 bridgehead atoms. The summed E-state index contributed by atoms with van der Waals surface area (Å²) < 4.78 is 2.08. The van der Waals surface area contributed by atoms with E-state index in [0.29, 0.717) is 5.92 Å². The van der Waals surface area contributed by atoms with Crippen molar-refractivity contribution in [3.8, 4) is 0 Å². The smallest absolute Gasteiger partial charge is 0.311 e. The average Bonchev–Trinajstić information content (AvgIpc) is 2.85. The van der Waals surface area contributed by atoms with Gasteiger partial charge in [0, 0.05) is 18.4 Å². The van der Waals surface area contributed by atoms with Gasteiger partial charge in [-0.15, -0.1) is 0 Å². The van der Waals surface area contributed by atoms with Crippen molar-refractivity contribution in [2.24, 2.45) is 13.0 Å². The lowest BCUT2D eigenvalue weighted by atomic mass is 9.85. The fourth-order valence-corrected chi connectivity index (χ4v) is 3.08. The quantitative estimate of drug-likeness (QED) is 0.875. The van der Waals surface area contributed by atoms with Crippen LogP contribution in [0.3, 0.4) is 0 Å². The summed E-state index contributed by atoms with van der Waals surface area (Å²) in [6.07, 6.45) is 4.48. The number of carbonyl (C=O) groups is 1. The van der Waals surface area contributed by atoms with Crippen LogP contribution in [0, 0.1) is 19.8 Å². The predicted octanol–water partition coefficient (Wildman–Crippen LogP) is 3.00. The number of aromatic nitrogens is 1. The van der Waals surface area contributed by atoms with Crippen molar-refractivity contribution in [1.29, 1.82) is 0 Å². The van der Waals surface area contributed by atoms with Crippen LogP contribution in [0.1, 0.15) is 48.6 Å². The molecule has 0 saturated heterocycles. The summed E-state index contributed by atoms with van der Waals surface area (Å²) in [6, 6.07) is 2.05. The zero-order chi connectivity index (χ0) is 12.6. The molecule has 1 aromatic rings. The van der Waals surface area contributed by atoms with Gasteiger partial charge in [-0.3, -0.25) is 4.79 Å². The summed E-state index contributed by atoms with van der Waals surface area (Å²) in [5.74, 6) is -0.643. The summed E-state index contributed by atoms with van der Waals surface area (Å²) >= 11 is 0. The molecular formula is C14H21NO2. The van der Waals surface area contributed by atoms with E-state index >= 15 is 0 Å². The molecule has 1 saturated carbocycles. The normalized spacial score (nSPS) is 18.5. The molecular weight excluding hydrogens is 214 g/mol. The minimum atomic E-state index is -0.661. The number of aryl methyl sites for hydroxylation is 1. The molecule has 3 heteroatoms.